The van der Waals surface area contributed by atoms with Gasteiger partial charge in [-0.05, 0) is 29.8 Å². The van der Waals surface area contributed by atoms with E-state index in [2.05, 4.69) is 33.5 Å². The Morgan fingerprint density at radius 3 is 2.76 bits per heavy atom. The number of carbonyl (C=O) groups is 1. The number of hydrogen-bond acceptors (Lipinski definition) is 5. The molecule has 29 heavy (non-hydrogen) atoms. The Kier molecular flexibility index (Phi) is 4.22. The van der Waals surface area contributed by atoms with Gasteiger partial charge < -0.3 is 19.7 Å². The molecule has 1 unspecified atom stereocenters. The van der Waals surface area contributed by atoms with Gasteiger partial charge in [0.2, 0.25) is 0 Å². The van der Waals surface area contributed by atoms with Gasteiger partial charge in [-0.25, -0.2) is 14.8 Å². The highest BCUT2D eigenvalue weighted by atomic mass is 16.5. The van der Waals surface area contributed by atoms with E-state index < -0.39 is 12.2 Å². The van der Waals surface area contributed by atoms with Crippen molar-refractivity contribution in [1.29, 1.82) is 0 Å². The molecule has 2 N–H and O–H groups in total. The number of carboxylic acids is 1. The van der Waals surface area contributed by atoms with Crippen LogP contribution in [0.5, 0.6) is 6.01 Å². The Morgan fingerprint density at radius 2 is 1.93 bits per heavy atom. The number of hydrogen-bond donors (Lipinski definition) is 2. The summed E-state index contributed by atoms with van der Waals surface area (Å²) in [5.74, 6) is -0.962. The summed E-state index contributed by atoms with van der Waals surface area (Å²) in [4.78, 5) is 19.9. The van der Waals surface area contributed by atoms with Gasteiger partial charge in [-0.2, -0.15) is 0 Å². The lowest BCUT2D eigenvalue weighted by Crippen LogP contribution is -2.31. The summed E-state index contributed by atoms with van der Waals surface area (Å²) in [7, 11) is 0. The van der Waals surface area contributed by atoms with E-state index in [9.17, 15) is 9.90 Å². The van der Waals surface area contributed by atoms with Crippen molar-refractivity contribution in [1.82, 2.24) is 19.9 Å². The summed E-state index contributed by atoms with van der Waals surface area (Å²) in [5, 5.41) is 13.8. The predicted molar refractivity (Wildman–Crippen MR) is 108 cm³/mol. The molecule has 5 rings (SSSR count). The van der Waals surface area contributed by atoms with E-state index in [1.54, 1.807) is 30.6 Å². The maximum atomic E-state index is 11.6. The van der Waals surface area contributed by atoms with Crippen LogP contribution in [0.25, 0.3) is 22.2 Å². The van der Waals surface area contributed by atoms with Crippen LogP contribution < -0.4 is 10.1 Å². The number of ether oxygens (including phenoxy) is 1. The molecule has 0 saturated carbocycles. The molecule has 0 radical (unpaired) electrons. The fourth-order valence-corrected chi connectivity index (χ4v) is 3.78. The van der Waals surface area contributed by atoms with Crippen molar-refractivity contribution in [3.63, 3.8) is 0 Å². The largest absolute Gasteiger partial charge is 0.478 e. The first-order chi connectivity index (χ1) is 14.2. The lowest BCUT2D eigenvalue weighted by atomic mass is 10.0. The molecule has 1 aliphatic rings. The zero-order valence-electron chi connectivity index (χ0n) is 15.4. The first-order valence-corrected chi connectivity index (χ1v) is 9.31. The molecule has 0 aliphatic carbocycles. The van der Waals surface area contributed by atoms with Crippen molar-refractivity contribution in [2.45, 2.75) is 12.8 Å². The first-order valence-electron chi connectivity index (χ1n) is 9.31. The fraction of sp³-hybridized carbons (Fsp3) is 0.136. The first kappa shape index (κ1) is 17.4. The standard InChI is InChI=1S/C22H18N4O3/c27-21(28)15-7-6-14-10-19-17-5-2-1-4-16(17)12-23-13-20(26(19)18(14)11-15)29-22-24-8-3-9-25-22/h1-11,20,23H,12-13H2,(H,27,28). The minimum absolute atomic E-state index is 0.233. The second kappa shape index (κ2) is 7.03. The average Bonchev–Trinajstić information content (AvgIpc) is 3.11. The quantitative estimate of drug-likeness (QED) is 0.560. The van der Waals surface area contributed by atoms with E-state index in [-0.39, 0.29) is 11.6 Å². The fourth-order valence-electron chi connectivity index (χ4n) is 3.78. The zero-order chi connectivity index (χ0) is 19.8. The lowest BCUT2D eigenvalue weighted by molar-refractivity contribution is 0.0696. The monoisotopic (exact) mass is 386 g/mol. The van der Waals surface area contributed by atoms with Gasteiger partial charge in [0, 0.05) is 29.9 Å². The van der Waals surface area contributed by atoms with Gasteiger partial charge in [-0.3, -0.25) is 0 Å². The Balaban J connectivity index is 1.75. The molecule has 7 heteroatoms. The predicted octanol–water partition coefficient (Wildman–Crippen LogP) is 3.48. The highest BCUT2D eigenvalue weighted by Crippen LogP contribution is 2.35. The molecule has 0 bridgehead atoms. The Labute approximate surface area is 166 Å². The van der Waals surface area contributed by atoms with Crippen LogP contribution in [0, 0.1) is 0 Å². The van der Waals surface area contributed by atoms with Crippen LogP contribution in [0.4, 0.5) is 0 Å². The van der Waals surface area contributed by atoms with Crippen LogP contribution in [0.1, 0.15) is 22.1 Å². The molecular formula is C22H18N4O3. The molecule has 1 atom stereocenters. The molecule has 4 aromatic rings. The number of nitrogens with one attached hydrogen (secondary N) is 1. The highest BCUT2D eigenvalue weighted by Gasteiger charge is 2.25. The van der Waals surface area contributed by atoms with E-state index in [0.29, 0.717) is 13.1 Å². The van der Waals surface area contributed by atoms with E-state index in [4.69, 9.17) is 4.74 Å². The van der Waals surface area contributed by atoms with Gasteiger partial charge in [-0.15, -0.1) is 0 Å². The molecule has 3 heterocycles. The smallest absolute Gasteiger partial charge is 0.335 e. The maximum Gasteiger partial charge on any atom is 0.335 e. The second-order valence-electron chi connectivity index (χ2n) is 6.87. The number of fused-ring (bicyclic) bond motifs is 5. The Morgan fingerprint density at radius 1 is 1.10 bits per heavy atom. The summed E-state index contributed by atoms with van der Waals surface area (Å²) in [6.45, 7) is 1.22. The molecule has 1 aliphatic heterocycles. The SMILES string of the molecule is O=C(O)c1ccc2cc3n(c2c1)C(Oc1ncccn1)CNCc1ccccc1-3. The van der Waals surface area contributed by atoms with Gasteiger partial charge in [0.15, 0.2) is 6.23 Å². The van der Waals surface area contributed by atoms with Crippen molar-refractivity contribution in [3.8, 4) is 17.3 Å². The van der Waals surface area contributed by atoms with Crippen LogP contribution in [0.2, 0.25) is 0 Å². The summed E-state index contributed by atoms with van der Waals surface area (Å²) < 4.78 is 8.16. The third-order valence-corrected chi connectivity index (χ3v) is 5.09. The van der Waals surface area contributed by atoms with E-state index >= 15 is 0 Å². The topological polar surface area (TPSA) is 89.3 Å². The molecule has 0 saturated heterocycles. The lowest BCUT2D eigenvalue weighted by Gasteiger charge is -2.26. The summed E-state index contributed by atoms with van der Waals surface area (Å²) >= 11 is 0. The van der Waals surface area contributed by atoms with E-state index in [0.717, 1.165) is 22.2 Å². The van der Waals surface area contributed by atoms with Gasteiger partial charge in [0.25, 0.3) is 0 Å². The molecule has 0 spiro atoms. The number of rotatable bonds is 3. The molecule has 2 aromatic heterocycles. The van der Waals surface area contributed by atoms with Crippen molar-refractivity contribution < 1.29 is 14.6 Å². The normalized spacial score (nSPS) is 15.8. The summed E-state index contributed by atoms with van der Waals surface area (Å²) in [6.07, 6.45) is 2.82. The maximum absolute atomic E-state index is 11.6. The van der Waals surface area contributed by atoms with Crippen molar-refractivity contribution in [2.24, 2.45) is 0 Å². The Bertz CT molecular complexity index is 1200. The number of nitrogens with zero attached hydrogens (tertiary/aromatic N) is 3. The number of aromatic nitrogens is 3. The van der Waals surface area contributed by atoms with Gasteiger partial charge in [0.1, 0.15) is 0 Å². The third kappa shape index (κ3) is 3.11. The van der Waals surface area contributed by atoms with Crippen LogP contribution >= 0.6 is 0 Å². The molecule has 144 valence electrons. The zero-order valence-corrected chi connectivity index (χ0v) is 15.4. The van der Waals surface area contributed by atoms with Crippen LogP contribution in [0.3, 0.4) is 0 Å². The molecule has 0 fully saturated rings. The minimum atomic E-state index is -0.962. The highest BCUT2D eigenvalue weighted by molar-refractivity contribution is 5.95. The number of benzene rings is 2. The molecule has 0 amide bonds. The van der Waals surface area contributed by atoms with Crippen molar-refractivity contribution >= 4 is 16.9 Å². The minimum Gasteiger partial charge on any atom is -0.478 e. The van der Waals surface area contributed by atoms with Gasteiger partial charge in [0.05, 0.1) is 23.3 Å². The third-order valence-electron chi connectivity index (χ3n) is 5.09. The van der Waals surface area contributed by atoms with Gasteiger partial charge >= 0.3 is 12.0 Å². The van der Waals surface area contributed by atoms with Gasteiger partial charge in [-0.1, -0.05) is 30.3 Å². The summed E-state index contributed by atoms with van der Waals surface area (Å²) in [6, 6.07) is 17.4. The van der Waals surface area contributed by atoms with Crippen LogP contribution in [-0.2, 0) is 6.54 Å². The summed E-state index contributed by atoms with van der Waals surface area (Å²) in [5.41, 5.74) is 4.25. The van der Waals surface area contributed by atoms with Crippen LogP contribution in [0.15, 0.2) is 67.0 Å². The Hall–Kier alpha value is -3.71. The van der Waals surface area contributed by atoms with Crippen LogP contribution in [-0.4, -0.2) is 32.2 Å². The van der Waals surface area contributed by atoms with E-state index in [1.807, 2.05) is 22.8 Å². The molecule has 7 nitrogen and oxygen atoms in total. The second-order valence-corrected chi connectivity index (χ2v) is 6.87. The molecule has 2 aromatic carbocycles. The number of carboxylic acid groups (broad SMARTS) is 1. The van der Waals surface area contributed by atoms with E-state index in [1.165, 1.54) is 5.56 Å². The average molecular weight is 386 g/mol. The van der Waals surface area contributed by atoms with Crippen molar-refractivity contribution in [3.05, 3.63) is 78.1 Å². The van der Waals surface area contributed by atoms with Crippen molar-refractivity contribution in [2.75, 3.05) is 6.54 Å². The number of aromatic carboxylic acids is 1. The molecular weight excluding hydrogens is 368 g/mol.